The number of rotatable bonds is 3. The number of Topliss-reactive ketones (excluding diaryl/α,β-unsaturated/α-hetero) is 1. The van der Waals surface area contributed by atoms with Gasteiger partial charge in [-0.3, -0.25) is 9.78 Å². The molecule has 1 aromatic carbocycles. The fraction of sp³-hybridized carbons (Fsp3) is 0.200. The Kier molecular flexibility index (Phi) is 3.42. The van der Waals surface area contributed by atoms with Gasteiger partial charge in [0.15, 0.2) is 5.78 Å². The predicted octanol–water partition coefficient (Wildman–Crippen LogP) is 3.27. The number of nitrogens with zero attached hydrogens (tertiary/aromatic N) is 1. The summed E-state index contributed by atoms with van der Waals surface area (Å²) in [6.07, 6.45) is 3.59. The van der Waals surface area contributed by atoms with Gasteiger partial charge in [-0.05, 0) is 43.2 Å². The average molecular weight is 241 g/mol. The van der Waals surface area contributed by atoms with Gasteiger partial charge in [-0.2, -0.15) is 0 Å². The van der Waals surface area contributed by atoms with Gasteiger partial charge >= 0.3 is 0 Å². The highest BCUT2D eigenvalue weighted by molar-refractivity contribution is 5.98. The Labute approximate surface area is 106 Å². The Morgan fingerprint density at radius 3 is 2.56 bits per heavy atom. The number of hydrogen-bond donors (Lipinski definition) is 0. The summed E-state index contributed by atoms with van der Waals surface area (Å²) in [5, 5.41) is 0. The SMILES string of the molecule is COc1ccc(-c2cncc(C)c2)cc1C(C)=O. The number of aromatic nitrogens is 1. The molecule has 0 atom stereocenters. The molecule has 0 bridgehead atoms. The second-order valence-electron chi connectivity index (χ2n) is 4.22. The number of pyridine rings is 1. The number of carbonyl (C=O) groups excluding carboxylic acids is 1. The van der Waals surface area contributed by atoms with E-state index in [0.29, 0.717) is 11.3 Å². The normalized spacial score (nSPS) is 10.2. The van der Waals surface area contributed by atoms with Crippen molar-refractivity contribution < 1.29 is 9.53 Å². The first kappa shape index (κ1) is 12.3. The smallest absolute Gasteiger partial charge is 0.163 e. The van der Waals surface area contributed by atoms with E-state index < -0.39 is 0 Å². The number of hydrogen-bond acceptors (Lipinski definition) is 3. The van der Waals surface area contributed by atoms with E-state index in [9.17, 15) is 4.79 Å². The molecule has 92 valence electrons. The van der Waals surface area contributed by atoms with E-state index in [4.69, 9.17) is 4.74 Å². The fourth-order valence-corrected chi connectivity index (χ4v) is 1.88. The van der Waals surface area contributed by atoms with Crippen LogP contribution in [-0.2, 0) is 0 Å². The molecule has 0 amide bonds. The first-order valence-corrected chi connectivity index (χ1v) is 5.73. The molecule has 0 spiro atoms. The van der Waals surface area contributed by atoms with Crippen molar-refractivity contribution in [2.75, 3.05) is 7.11 Å². The van der Waals surface area contributed by atoms with Gasteiger partial charge in [0.1, 0.15) is 5.75 Å². The Hall–Kier alpha value is -2.16. The van der Waals surface area contributed by atoms with E-state index in [0.717, 1.165) is 16.7 Å². The summed E-state index contributed by atoms with van der Waals surface area (Å²) in [5.74, 6) is 0.598. The van der Waals surface area contributed by atoms with E-state index in [2.05, 4.69) is 4.98 Å². The monoisotopic (exact) mass is 241 g/mol. The van der Waals surface area contributed by atoms with Crippen molar-refractivity contribution in [1.82, 2.24) is 4.98 Å². The molecule has 3 heteroatoms. The summed E-state index contributed by atoms with van der Waals surface area (Å²) in [4.78, 5) is 15.7. The summed E-state index contributed by atoms with van der Waals surface area (Å²) in [7, 11) is 1.57. The number of ketones is 1. The molecular weight excluding hydrogens is 226 g/mol. The van der Waals surface area contributed by atoms with Crippen LogP contribution in [-0.4, -0.2) is 17.9 Å². The highest BCUT2D eigenvalue weighted by Gasteiger charge is 2.10. The van der Waals surface area contributed by atoms with Gasteiger partial charge in [0.25, 0.3) is 0 Å². The van der Waals surface area contributed by atoms with Crippen molar-refractivity contribution in [3.05, 3.63) is 47.8 Å². The maximum atomic E-state index is 11.6. The van der Waals surface area contributed by atoms with E-state index >= 15 is 0 Å². The number of methoxy groups -OCH3 is 1. The average Bonchev–Trinajstić information content (AvgIpc) is 2.38. The quantitative estimate of drug-likeness (QED) is 0.774. The number of aryl methyl sites for hydroxylation is 1. The lowest BCUT2D eigenvalue weighted by atomic mass is 10.0. The van der Waals surface area contributed by atoms with Crippen LogP contribution in [0.5, 0.6) is 5.75 Å². The Morgan fingerprint density at radius 2 is 1.94 bits per heavy atom. The molecule has 0 aliphatic rings. The highest BCUT2D eigenvalue weighted by Crippen LogP contribution is 2.26. The van der Waals surface area contributed by atoms with Crippen LogP contribution in [0.25, 0.3) is 11.1 Å². The Morgan fingerprint density at radius 1 is 1.17 bits per heavy atom. The third-order valence-corrected chi connectivity index (χ3v) is 2.79. The number of carbonyl (C=O) groups is 1. The lowest BCUT2D eigenvalue weighted by Gasteiger charge is -2.09. The van der Waals surface area contributed by atoms with E-state index in [1.165, 1.54) is 6.92 Å². The number of benzene rings is 1. The van der Waals surface area contributed by atoms with Crippen LogP contribution in [0.1, 0.15) is 22.8 Å². The molecule has 2 aromatic rings. The van der Waals surface area contributed by atoms with E-state index in [-0.39, 0.29) is 5.78 Å². The minimum absolute atomic E-state index is 0.00527. The van der Waals surface area contributed by atoms with Gasteiger partial charge in [0.2, 0.25) is 0 Å². The molecule has 0 N–H and O–H groups in total. The standard InChI is InChI=1S/C15H15NO2/c1-10-6-13(9-16-8-10)12-4-5-15(18-3)14(7-12)11(2)17/h4-9H,1-3H3. The molecule has 0 radical (unpaired) electrons. The van der Waals surface area contributed by atoms with Crippen molar-refractivity contribution in [2.45, 2.75) is 13.8 Å². The van der Waals surface area contributed by atoms with E-state index in [1.807, 2.05) is 31.2 Å². The van der Waals surface area contributed by atoms with Crippen molar-refractivity contribution >= 4 is 5.78 Å². The first-order chi connectivity index (χ1) is 8.61. The molecule has 18 heavy (non-hydrogen) atoms. The van der Waals surface area contributed by atoms with Gasteiger partial charge in [-0.15, -0.1) is 0 Å². The van der Waals surface area contributed by atoms with Crippen LogP contribution >= 0.6 is 0 Å². The molecule has 0 saturated heterocycles. The van der Waals surface area contributed by atoms with Crippen LogP contribution in [0.4, 0.5) is 0 Å². The Balaban J connectivity index is 2.53. The summed E-state index contributed by atoms with van der Waals surface area (Å²) >= 11 is 0. The zero-order valence-electron chi connectivity index (χ0n) is 10.7. The lowest BCUT2D eigenvalue weighted by molar-refractivity contribution is 0.101. The largest absolute Gasteiger partial charge is 0.496 e. The molecule has 0 saturated carbocycles. The van der Waals surface area contributed by atoms with Crippen LogP contribution < -0.4 is 4.74 Å². The van der Waals surface area contributed by atoms with Crippen molar-refractivity contribution in [1.29, 1.82) is 0 Å². The molecule has 3 nitrogen and oxygen atoms in total. The van der Waals surface area contributed by atoms with Crippen molar-refractivity contribution in [3.8, 4) is 16.9 Å². The van der Waals surface area contributed by atoms with Crippen LogP contribution in [0, 0.1) is 6.92 Å². The third-order valence-electron chi connectivity index (χ3n) is 2.79. The third kappa shape index (κ3) is 2.40. The molecule has 0 fully saturated rings. The molecular formula is C15H15NO2. The van der Waals surface area contributed by atoms with Crippen molar-refractivity contribution in [3.63, 3.8) is 0 Å². The maximum absolute atomic E-state index is 11.6. The second kappa shape index (κ2) is 5.00. The topological polar surface area (TPSA) is 39.2 Å². The lowest BCUT2D eigenvalue weighted by Crippen LogP contribution is -1.98. The zero-order valence-corrected chi connectivity index (χ0v) is 10.7. The first-order valence-electron chi connectivity index (χ1n) is 5.73. The predicted molar refractivity (Wildman–Crippen MR) is 71.0 cm³/mol. The Bertz CT molecular complexity index is 591. The zero-order chi connectivity index (χ0) is 13.1. The summed E-state index contributed by atoms with van der Waals surface area (Å²) in [6, 6.07) is 7.63. The van der Waals surface area contributed by atoms with E-state index in [1.54, 1.807) is 19.5 Å². The summed E-state index contributed by atoms with van der Waals surface area (Å²) in [6.45, 7) is 3.53. The fourth-order valence-electron chi connectivity index (χ4n) is 1.88. The van der Waals surface area contributed by atoms with Crippen LogP contribution in [0.3, 0.4) is 0 Å². The van der Waals surface area contributed by atoms with Gasteiger partial charge in [0.05, 0.1) is 12.7 Å². The summed E-state index contributed by atoms with van der Waals surface area (Å²) in [5.41, 5.74) is 3.65. The minimum Gasteiger partial charge on any atom is -0.496 e. The van der Waals surface area contributed by atoms with Gasteiger partial charge < -0.3 is 4.74 Å². The molecule has 1 heterocycles. The highest BCUT2D eigenvalue weighted by atomic mass is 16.5. The van der Waals surface area contributed by atoms with Crippen LogP contribution in [0.15, 0.2) is 36.7 Å². The van der Waals surface area contributed by atoms with Crippen LogP contribution in [0.2, 0.25) is 0 Å². The summed E-state index contributed by atoms with van der Waals surface area (Å²) < 4.78 is 5.18. The number of ether oxygens (including phenoxy) is 1. The van der Waals surface area contributed by atoms with Gasteiger partial charge in [-0.1, -0.05) is 6.07 Å². The van der Waals surface area contributed by atoms with Gasteiger partial charge in [-0.25, -0.2) is 0 Å². The second-order valence-corrected chi connectivity index (χ2v) is 4.22. The molecule has 1 aromatic heterocycles. The molecule has 0 aliphatic carbocycles. The van der Waals surface area contributed by atoms with Crippen molar-refractivity contribution in [2.24, 2.45) is 0 Å². The molecule has 0 unspecified atom stereocenters. The van der Waals surface area contributed by atoms with Gasteiger partial charge in [0, 0.05) is 18.0 Å². The molecule has 2 rings (SSSR count). The minimum atomic E-state index is -0.00527. The maximum Gasteiger partial charge on any atom is 0.163 e. The molecule has 0 aliphatic heterocycles.